The summed E-state index contributed by atoms with van der Waals surface area (Å²) in [6.45, 7) is 4.04. The molecule has 0 aliphatic carbocycles. The van der Waals surface area contributed by atoms with E-state index in [2.05, 4.69) is 10.1 Å². The fourth-order valence-electron chi connectivity index (χ4n) is 2.26. The van der Waals surface area contributed by atoms with Crippen molar-refractivity contribution in [3.63, 3.8) is 0 Å². The molecule has 0 aromatic carbocycles. The predicted octanol–water partition coefficient (Wildman–Crippen LogP) is 2.18. The van der Waals surface area contributed by atoms with Gasteiger partial charge >= 0.3 is 0 Å². The minimum absolute atomic E-state index is 0.246. The average molecular weight is 257 g/mol. The molecule has 100 valence electrons. The number of nitrogens with zero attached hydrogens (tertiary/aromatic N) is 3. The maximum Gasteiger partial charge on any atom is 0.137 e. The normalized spacial score (nSPS) is 10.7. The highest BCUT2D eigenvalue weighted by Crippen LogP contribution is 2.14. The lowest BCUT2D eigenvalue weighted by atomic mass is 10.0. The Bertz CT molecular complexity index is 573. The monoisotopic (exact) mass is 257 g/mol. The van der Waals surface area contributed by atoms with Gasteiger partial charge in [-0.05, 0) is 37.5 Å². The van der Waals surface area contributed by atoms with Crippen LogP contribution in [0.4, 0.5) is 0 Å². The number of ketones is 1. The van der Waals surface area contributed by atoms with E-state index in [0.717, 1.165) is 23.4 Å². The van der Waals surface area contributed by atoms with E-state index in [1.165, 1.54) is 5.56 Å². The van der Waals surface area contributed by atoms with Gasteiger partial charge in [0.25, 0.3) is 0 Å². The van der Waals surface area contributed by atoms with Crippen molar-refractivity contribution in [2.24, 2.45) is 7.05 Å². The molecule has 0 N–H and O–H groups in total. The maximum absolute atomic E-state index is 12.0. The number of hydrogen-bond donors (Lipinski definition) is 0. The van der Waals surface area contributed by atoms with Crippen molar-refractivity contribution in [1.29, 1.82) is 0 Å². The van der Waals surface area contributed by atoms with Crippen molar-refractivity contribution in [1.82, 2.24) is 14.8 Å². The van der Waals surface area contributed by atoms with Crippen LogP contribution in [0.5, 0.6) is 0 Å². The van der Waals surface area contributed by atoms with Gasteiger partial charge in [-0.1, -0.05) is 6.07 Å². The lowest BCUT2D eigenvalue weighted by Crippen LogP contribution is -2.05. The van der Waals surface area contributed by atoms with E-state index in [0.29, 0.717) is 12.8 Å². The van der Waals surface area contributed by atoms with Gasteiger partial charge < -0.3 is 0 Å². The van der Waals surface area contributed by atoms with Gasteiger partial charge in [0, 0.05) is 38.0 Å². The number of rotatable bonds is 5. The van der Waals surface area contributed by atoms with E-state index in [1.54, 1.807) is 12.4 Å². The summed E-state index contributed by atoms with van der Waals surface area (Å²) in [7, 11) is 1.93. The highest BCUT2D eigenvalue weighted by molar-refractivity contribution is 5.81. The molecule has 4 nitrogen and oxygen atoms in total. The van der Waals surface area contributed by atoms with Gasteiger partial charge in [0.05, 0.1) is 5.69 Å². The number of aromatic nitrogens is 3. The van der Waals surface area contributed by atoms with Gasteiger partial charge in [-0.2, -0.15) is 5.10 Å². The predicted molar refractivity (Wildman–Crippen MR) is 74.0 cm³/mol. The minimum atomic E-state index is 0.246. The van der Waals surface area contributed by atoms with E-state index < -0.39 is 0 Å². The van der Waals surface area contributed by atoms with Gasteiger partial charge in [-0.25, -0.2) is 0 Å². The Labute approximate surface area is 113 Å². The van der Waals surface area contributed by atoms with Crippen molar-refractivity contribution >= 4 is 5.78 Å². The summed E-state index contributed by atoms with van der Waals surface area (Å²) in [6, 6.07) is 3.80. The molecular formula is C15H19N3O. The summed E-state index contributed by atoms with van der Waals surface area (Å²) >= 11 is 0. The molecule has 0 amide bonds. The molecule has 2 aromatic rings. The molecule has 19 heavy (non-hydrogen) atoms. The molecule has 0 aliphatic rings. The zero-order valence-electron chi connectivity index (χ0n) is 11.7. The van der Waals surface area contributed by atoms with E-state index in [1.807, 2.05) is 37.7 Å². The standard InChI is InChI=1S/C15H19N3O/c1-11-15(12(2)18(3)17-11)7-6-14(19)9-13-5-4-8-16-10-13/h4-5,8,10H,6-7,9H2,1-3H3. The van der Waals surface area contributed by atoms with Crippen molar-refractivity contribution < 1.29 is 4.79 Å². The summed E-state index contributed by atoms with van der Waals surface area (Å²) in [4.78, 5) is 16.0. The third-order valence-electron chi connectivity index (χ3n) is 3.44. The molecule has 0 aliphatic heterocycles. The lowest BCUT2D eigenvalue weighted by Gasteiger charge is -2.02. The van der Waals surface area contributed by atoms with Gasteiger partial charge in [0.15, 0.2) is 0 Å². The first kappa shape index (κ1) is 13.5. The summed E-state index contributed by atoms with van der Waals surface area (Å²) < 4.78 is 1.87. The molecule has 0 spiro atoms. The average Bonchev–Trinajstić information content (AvgIpc) is 2.62. The van der Waals surface area contributed by atoms with Gasteiger partial charge in [-0.15, -0.1) is 0 Å². The Morgan fingerprint density at radius 3 is 2.74 bits per heavy atom. The van der Waals surface area contributed by atoms with Crippen LogP contribution in [0, 0.1) is 13.8 Å². The Morgan fingerprint density at radius 1 is 1.37 bits per heavy atom. The zero-order valence-corrected chi connectivity index (χ0v) is 11.7. The Hall–Kier alpha value is -1.97. The molecule has 2 aromatic heterocycles. The Kier molecular flexibility index (Phi) is 4.10. The molecule has 2 heterocycles. The Morgan fingerprint density at radius 2 is 2.16 bits per heavy atom. The quantitative estimate of drug-likeness (QED) is 0.824. The van der Waals surface area contributed by atoms with Crippen LogP contribution in [0.25, 0.3) is 0 Å². The molecule has 4 heteroatoms. The number of Topliss-reactive ketones (excluding diaryl/α,β-unsaturated/α-hetero) is 1. The number of pyridine rings is 1. The second-order valence-electron chi connectivity index (χ2n) is 4.85. The highest BCUT2D eigenvalue weighted by atomic mass is 16.1. The van der Waals surface area contributed by atoms with Crippen LogP contribution in [-0.4, -0.2) is 20.5 Å². The molecule has 0 saturated heterocycles. The smallest absolute Gasteiger partial charge is 0.137 e. The largest absolute Gasteiger partial charge is 0.299 e. The van der Waals surface area contributed by atoms with Crippen LogP contribution in [0.15, 0.2) is 24.5 Å². The molecular weight excluding hydrogens is 238 g/mol. The summed E-state index contributed by atoms with van der Waals surface area (Å²) in [5.41, 5.74) is 4.34. The van der Waals surface area contributed by atoms with Gasteiger partial charge in [-0.3, -0.25) is 14.5 Å². The minimum Gasteiger partial charge on any atom is -0.299 e. The Balaban J connectivity index is 1.94. The third kappa shape index (κ3) is 3.28. The summed E-state index contributed by atoms with van der Waals surface area (Å²) in [5.74, 6) is 0.246. The first-order valence-electron chi connectivity index (χ1n) is 6.47. The second kappa shape index (κ2) is 5.78. The van der Waals surface area contributed by atoms with E-state index >= 15 is 0 Å². The molecule has 0 radical (unpaired) electrons. The van der Waals surface area contributed by atoms with E-state index in [-0.39, 0.29) is 5.78 Å². The van der Waals surface area contributed by atoms with E-state index in [4.69, 9.17) is 0 Å². The van der Waals surface area contributed by atoms with Crippen molar-refractivity contribution in [3.05, 3.63) is 47.0 Å². The highest BCUT2D eigenvalue weighted by Gasteiger charge is 2.11. The van der Waals surface area contributed by atoms with Crippen LogP contribution < -0.4 is 0 Å². The van der Waals surface area contributed by atoms with E-state index in [9.17, 15) is 4.79 Å². The fraction of sp³-hybridized carbons (Fsp3) is 0.400. The number of aryl methyl sites for hydroxylation is 2. The van der Waals surface area contributed by atoms with Crippen molar-refractivity contribution in [2.45, 2.75) is 33.1 Å². The topological polar surface area (TPSA) is 47.8 Å². The first-order valence-corrected chi connectivity index (χ1v) is 6.47. The molecule has 0 bridgehead atoms. The second-order valence-corrected chi connectivity index (χ2v) is 4.85. The molecule has 0 atom stereocenters. The van der Waals surface area contributed by atoms with Gasteiger partial charge in [0.2, 0.25) is 0 Å². The molecule has 0 saturated carbocycles. The van der Waals surface area contributed by atoms with Crippen molar-refractivity contribution in [2.75, 3.05) is 0 Å². The van der Waals surface area contributed by atoms with Crippen LogP contribution in [0.3, 0.4) is 0 Å². The molecule has 0 unspecified atom stereocenters. The fourth-order valence-corrected chi connectivity index (χ4v) is 2.26. The lowest BCUT2D eigenvalue weighted by molar-refractivity contribution is -0.118. The SMILES string of the molecule is Cc1nn(C)c(C)c1CCC(=O)Cc1cccnc1. The van der Waals surface area contributed by atoms with Crippen molar-refractivity contribution in [3.8, 4) is 0 Å². The maximum atomic E-state index is 12.0. The van der Waals surface area contributed by atoms with Crippen LogP contribution in [0.1, 0.15) is 28.9 Å². The molecule has 2 rings (SSSR count). The third-order valence-corrected chi connectivity index (χ3v) is 3.44. The summed E-state index contributed by atoms with van der Waals surface area (Å²) in [6.07, 6.45) is 5.26. The first-order chi connectivity index (χ1) is 9.08. The van der Waals surface area contributed by atoms with Crippen LogP contribution in [-0.2, 0) is 24.7 Å². The number of carbonyl (C=O) groups is 1. The van der Waals surface area contributed by atoms with Crippen LogP contribution >= 0.6 is 0 Å². The van der Waals surface area contributed by atoms with Crippen LogP contribution in [0.2, 0.25) is 0 Å². The number of hydrogen-bond acceptors (Lipinski definition) is 3. The molecule has 0 fully saturated rings. The summed E-state index contributed by atoms with van der Waals surface area (Å²) in [5, 5.41) is 4.37. The number of carbonyl (C=O) groups excluding carboxylic acids is 1. The van der Waals surface area contributed by atoms with Gasteiger partial charge in [0.1, 0.15) is 5.78 Å². The zero-order chi connectivity index (χ0) is 13.8.